The zero-order valence-electron chi connectivity index (χ0n) is 31.8. The molecule has 4 N–H and O–H groups in total. The van der Waals surface area contributed by atoms with Gasteiger partial charge in [0.15, 0.2) is 18.4 Å². The van der Waals surface area contributed by atoms with Gasteiger partial charge < -0.3 is 44.4 Å². The third-order valence-electron chi connectivity index (χ3n) is 7.85. The maximum Gasteiger partial charge on any atom is 0.408 e. The van der Waals surface area contributed by atoms with Gasteiger partial charge in [0.1, 0.15) is 31.0 Å². The van der Waals surface area contributed by atoms with Gasteiger partial charge in [0, 0.05) is 39.1 Å². The second-order valence-corrected chi connectivity index (χ2v) is 13.7. The molecule has 19 nitrogen and oxygen atoms in total. The van der Waals surface area contributed by atoms with Gasteiger partial charge in [0.2, 0.25) is 5.91 Å². The molecule has 3 amide bonds. The highest BCUT2D eigenvalue weighted by molar-refractivity contribution is 5.86. The first-order chi connectivity index (χ1) is 25.8. The summed E-state index contributed by atoms with van der Waals surface area (Å²) in [6, 6.07) is 6.51. The lowest BCUT2D eigenvalue weighted by atomic mass is 10.0. The number of ether oxygens (including phenoxy) is 6. The summed E-state index contributed by atoms with van der Waals surface area (Å²) >= 11 is 0. The number of aromatic amines is 1. The first-order valence-electron chi connectivity index (χ1n) is 17.5. The van der Waals surface area contributed by atoms with Crippen molar-refractivity contribution in [3.8, 4) is 0 Å². The molecule has 1 aromatic heterocycles. The summed E-state index contributed by atoms with van der Waals surface area (Å²) in [5.41, 5.74) is -1.63. The van der Waals surface area contributed by atoms with E-state index in [1.807, 2.05) is 30.3 Å². The zero-order valence-corrected chi connectivity index (χ0v) is 31.8. The van der Waals surface area contributed by atoms with E-state index in [4.69, 9.17) is 28.4 Å². The van der Waals surface area contributed by atoms with Gasteiger partial charge in [-0.2, -0.15) is 0 Å². The summed E-state index contributed by atoms with van der Waals surface area (Å²) in [5.74, 6) is -3.24. The lowest BCUT2D eigenvalue weighted by Crippen LogP contribution is -2.57. The number of carbonyl (C=O) groups excluding carboxylic acids is 6. The van der Waals surface area contributed by atoms with E-state index in [-0.39, 0.29) is 25.1 Å². The smallest absolute Gasteiger partial charge is 0.408 e. The molecule has 0 aliphatic carbocycles. The quantitative estimate of drug-likeness (QED) is 0.108. The van der Waals surface area contributed by atoms with Crippen LogP contribution in [0.25, 0.3) is 0 Å². The highest BCUT2D eigenvalue weighted by Gasteiger charge is 2.54. The van der Waals surface area contributed by atoms with E-state index in [9.17, 15) is 38.4 Å². The Kier molecular flexibility index (Phi) is 16.0. The summed E-state index contributed by atoms with van der Waals surface area (Å²) in [6.45, 7) is 9.29. The zero-order chi connectivity index (χ0) is 40.9. The van der Waals surface area contributed by atoms with Gasteiger partial charge in [-0.05, 0) is 52.5 Å². The average molecular weight is 776 g/mol. The Bertz CT molecular complexity index is 1790. The van der Waals surface area contributed by atoms with Crippen LogP contribution in [-0.2, 0) is 54.2 Å². The highest BCUT2D eigenvalue weighted by atomic mass is 16.6. The molecule has 0 radical (unpaired) electrons. The van der Waals surface area contributed by atoms with Crippen molar-refractivity contribution in [2.75, 3.05) is 13.2 Å². The Morgan fingerprint density at radius 1 is 0.873 bits per heavy atom. The van der Waals surface area contributed by atoms with E-state index in [0.717, 1.165) is 37.1 Å². The summed E-state index contributed by atoms with van der Waals surface area (Å²) < 4.78 is 33.9. The minimum absolute atomic E-state index is 0.0375. The van der Waals surface area contributed by atoms with E-state index < -0.39 is 96.1 Å². The number of hydrogen-bond acceptors (Lipinski definition) is 14. The molecule has 0 spiro atoms. The molecule has 1 aliphatic heterocycles. The number of nitrogens with one attached hydrogen (secondary N) is 4. The van der Waals surface area contributed by atoms with Gasteiger partial charge in [0.25, 0.3) is 5.56 Å². The van der Waals surface area contributed by atoms with E-state index >= 15 is 0 Å². The van der Waals surface area contributed by atoms with Crippen molar-refractivity contribution in [1.82, 2.24) is 25.5 Å². The van der Waals surface area contributed by atoms with Crippen molar-refractivity contribution < 1.29 is 57.2 Å². The van der Waals surface area contributed by atoms with Gasteiger partial charge in [-0.15, -0.1) is 0 Å². The predicted molar refractivity (Wildman–Crippen MR) is 191 cm³/mol. The molecule has 19 heteroatoms. The number of amides is 3. The van der Waals surface area contributed by atoms with Gasteiger partial charge >= 0.3 is 35.8 Å². The van der Waals surface area contributed by atoms with Crippen LogP contribution in [0.5, 0.6) is 0 Å². The van der Waals surface area contributed by atoms with Crippen LogP contribution in [0.1, 0.15) is 78.2 Å². The third kappa shape index (κ3) is 14.2. The fourth-order valence-corrected chi connectivity index (χ4v) is 5.50. The Hall–Kier alpha value is -5.72. The Morgan fingerprint density at radius 3 is 2.15 bits per heavy atom. The van der Waals surface area contributed by atoms with Crippen LogP contribution < -0.4 is 27.2 Å². The number of rotatable bonds is 16. The molecule has 2 aromatic rings. The average Bonchev–Trinajstić information content (AvgIpc) is 3.41. The van der Waals surface area contributed by atoms with Crippen LogP contribution in [-0.4, -0.2) is 94.7 Å². The number of carbonyl (C=O) groups is 6. The molecule has 6 unspecified atom stereocenters. The number of nitrogens with zero attached hydrogens (tertiary/aromatic N) is 1. The van der Waals surface area contributed by atoms with E-state index in [1.165, 1.54) is 6.92 Å². The number of benzene rings is 1. The van der Waals surface area contributed by atoms with Crippen molar-refractivity contribution in [1.29, 1.82) is 0 Å². The number of alkyl carbamates (subject to hydrolysis) is 2. The Balaban J connectivity index is 1.86. The topological polar surface area (TPSA) is 249 Å². The summed E-state index contributed by atoms with van der Waals surface area (Å²) in [6.07, 6.45) is -5.59. The Labute approximate surface area is 316 Å². The van der Waals surface area contributed by atoms with Crippen molar-refractivity contribution in [3.63, 3.8) is 0 Å². The van der Waals surface area contributed by atoms with Crippen LogP contribution in [0.3, 0.4) is 0 Å². The summed E-state index contributed by atoms with van der Waals surface area (Å²) in [4.78, 5) is 103. The first kappa shape index (κ1) is 43.7. The number of unbranched alkanes of at least 4 members (excludes halogenated alkanes) is 1. The molecule has 3 rings (SSSR count). The number of hydrogen-bond donors (Lipinski definition) is 4. The van der Waals surface area contributed by atoms with Crippen molar-refractivity contribution in [3.05, 3.63) is 68.5 Å². The third-order valence-corrected chi connectivity index (χ3v) is 7.85. The molecule has 1 saturated heterocycles. The number of H-pyrrole nitrogens is 1. The fraction of sp³-hybridized carbons (Fsp3) is 0.556. The summed E-state index contributed by atoms with van der Waals surface area (Å²) in [5, 5.41) is 7.85. The number of esters is 3. The molecule has 0 saturated carbocycles. The molecule has 1 fully saturated rings. The van der Waals surface area contributed by atoms with E-state index in [2.05, 4.69) is 20.9 Å². The van der Waals surface area contributed by atoms with Crippen molar-refractivity contribution in [2.24, 2.45) is 0 Å². The van der Waals surface area contributed by atoms with Gasteiger partial charge in [-0.1, -0.05) is 30.3 Å². The Morgan fingerprint density at radius 2 is 1.53 bits per heavy atom. The molecule has 6 atom stereocenters. The molecule has 55 heavy (non-hydrogen) atoms. The normalized spacial score (nSPS) is 18.9. The van der Waals surface area contributed by atoms with Crippen LogP contribution in [0.2, 0.25) is 0 Å². The largest absolute Gasteiger partial charge is 0.464 e. The molecule has 302 valence electrons. The van der Waals surface area contributed by atoms with Crippen molar-refractivity contribution in [2.45, 2.75) is 117 Å². The lowest BCUT2D eigenvalue weighted by molar-refractivity contribution is -0.166. The molecule has 2 heterocycles. The van der Waals surface area contributed by atoms with Gasteiger partial charge in [0.05, 0.1) is 6.04 Å². The highest BCUT2D eigenvalue weighted by Crippen LogP contribution is 2.35. The molecule has 1 aromatic carbocycles. The fourth-order valence-electron chi connectivity index (χ4n) is 5.50. The number of aromatic nitrogens is 2. The molecule has 1 aliphatic rings. The van der Waals surface area contributed by atoms with Crippen molar-refractivity contribution >= 4 is 36.0 Å². The van der Waals surface area contributed by atoms with E-state index in [0.29, 0.717) is 12.8 Å². The minimum atomic E-state index is -1.50. The van der Waals surface area contributed by atoms with Gasteiger partial charge in [-0.3, -0.25) is 33.5 Å². The molecular formula is C36H49N5O14. The molecular weight excluding hydrogens is 726 g/mol. The number of aryl methyl sites for hydroxylation is 1. The SMILES string of the molecule is CC(=O)OCC(NC(=O)C(CCCCNC(=O)OCc1ccccc1)NC(=O)OC(C)(C)C)C1OC(n2cc(C)c(=O)[nH]c2=O)C(OC(C)=O)C1OC(C)=O. The molecule has 0 bridgehead atoms. The second-order valence-electron chi connectivity index (χ2n) is 13.7. The second kappa shape index (κ2) is 20.1. The van der Waals surface area contributed by atoms with Gasteiger partial charge in [-0.25, -0.2) is 14.4 Å². The summed E-state index contributed by atoms with van der Waals surface area (Å²) in [7, 11) is 0. The predicted octanol–water partition coefficient (Wildman–Crippen LogP) is 1.64. The van der Waals surface area contributed by atoms with Crippen LogP contribution in [0, 0.1) is 6.92 Å². The lowest BCUT2D eigenvalue weighted by Gasteiger charge is -2.30. The van der Waals surface area contributed by atoms with Crippen LogP contribution >= 0.6 is 0 Å². The monoisotopic (exact) mass is 775 g/mol. The minimum Gasteiger partial charge on any atom is -0.464 e. The van der Waals surface area contributed by atoms with Crippen LogP contribution in [0.15, 0.2) is 46.1 Å². The van der Waals surface area contributed by atoms with Crippen LogP contribution in [0.4, 0.5) is 9.59 Å². The maximum absolute atomic E-state index is 14.0. The standard InChI is InChI=1S/C36H49N5O14/c1-20-17-41(33(47)40-30(20)45)32-29(53-23(4)44)28(52-22(3)43)27(54-32)26(19-50-21(2)42)38-31(46)25(39-35(49)55-36(5,6)7)15-11-12-16-37-34(48)51-18-24-13-9-8-10-14-24/h8-10,13-14,17,25-29,32H,11-12,15-16,18-19H2,1-7H3,(H,37,48)(H,38,46)(H,39,49)(H,40,45,47). The first-order valence-corrected chi connectivity index (χ1v) is 17.5. The maximum atomic E-state index is 14.0. The van der Waals surface area contributed by atoms with E-state index in [1.54, 1.807) is 20.8 Å².